The van der Waals surface area contributed by atoms with E-state index in [0.717, 1.165) is 6.42 Å². The monoisotopic (exact) mass is 179 g/mol. The van der Waals surface area contributed by atoms with E-state index in [4.69, 9.17) is 5.26 Å². The van der Waals surface area contributed by atoms with Crippen molar-refractivity contribution in [3.05, 3.63) is 0 Å². The van der Waals surface area contributed by atoms with E-state index in [2.05, 4.69) is 6.07 Å². The molecule has 0 heterocycles. The highest BCUT2D eigenvalue weighted by atomic mass is 16.1. The van der Waals surface area contributed by atoms with Crippen LogP contribution in [0, 0.1) is 28.6 Å². The average Bonchev–Trinajstić information content (AvgIpc) is 2.80. The van der Waals surface area contributed by atoms with E-state index < -0.39 is 0 Å². The van der Waals surface area contributed by atoms with Crippen LogP contribution in [-0.2, 0) is 4.79 Å². The Hall–Kier alpha value is -0.840. The first-order chi connectivity index (χ1) is 5.95. The fourth-order valence-electron chi connectivity index (χ4n) is 1.43. The molecule has 0 spiro atoms. The van der Waals surface area contributed by atoms with Gasteiger partial charge in [-0.15, -0.1) is 0 Å². The number of nitrogens with zero attached hydrogens (tertiary/aromatic N) is 1. The molecule has 0 amide bonds. The summed E-state index contributed by atoms with van der Waals surface area (Å²) in [6, 6.07) is 2.13. The van der Waals surface area contributed by atoms with E-state index in [0.29, 0.717) is 5.92 Å². The summed E-state index contributed by atoms with van der Waals surface area (Å²) in [5.74, 6) is 0.380. The van der Waals surface area contributed by atoms with Crippen LogP contribution in [0.5, 0.6) is 0 Å². The van der Waals surface area contributed by atoms with Crippen LogP contribution in [-0.4, -0.2) is 5.78 Å². The van der Waals surface area contributed by atoms with Gasteiger partial charge in [-0.1, -0.05) is 33.6 Å². The molecule has 0 aromatic heterocycles. The van der Waals surface area contributed by atoms with E-state index in [1.165, 1.54) is 12.8 Å². The first kappa shape index (κ1) is 10.2. The summed E-state index contributed by atoms with van der Waals surface area (Å²) in [7, 11) is 0. The van der Waals surface area contributed by atoms with Gasteiger partial charge in [0.25, 0.3) is 0 Å². The lowest BCUT2D eigenvalue weighted by molar-refractivity contribution is -0.129. The van der Waals surface area contributed by atoms with Crippen molar-refractivity contribution in [2.24, 2.45) is 17.3 Å². The lowest BCUT2D eigenvalue weighted by atomic mass is 9.81. The largest absolute Gasteiger partial charge is 0.298 e. The molecule has 2 nitrogen and oxygen atoms in total. The summed E-state index contributed by atoms with van der Waals surface area (Å²) in [6.45, 7) is 5.64. The first-order valence-electron chi connectivity index (χ1n) is 4.89. The zero-order chi connectivity index (χ0) is 10.1. The third-order valence-corrected chi connectivity index (χ3v) is 2.48. The molecule has 0 aliphatic heterocycles. The lowest BCUT2D eigenvalue weighted by Crippen LogP contribution is -2.27. The van der Waals surface area contributed by atoms with Crippen molar-refractivity contribution < 1.29 is 4.79 Å². The van der Waals surface area contributed by atoms with Gasteiger partial charge in [0.1, 0.15) is 5.92 Å². The molecule has 0 radical (unpaired) electrons. The number of hydrogen-bond acceptors (Lipinski definition) is 2. The minimum atomic E-state index is -0.368. The zero-order valence-electron chi connectivity index (χ0n) is 8.63. The summed E-state index contributed by atoms with van der Waals surface area (Å²) >= 11 is 0. The average molecular weight is 179 g/mol. The molecule has 13 heavy (non-hydrogen) atoms. The number of carbonyl (C=O) groups is 1. The number of rotatable bonds is 3. The Morgan fingerprint density at radius 3 is 2.38 bits per heavy atom. The number of Topliss-reactive ketones (excluding diaryl/α,β-unsaturated/α-hetero) is 1. The van der Waals surface area contributed by atoms with Gasteiger partial charge in [-0.3, -0.25) is 4.79 Å². The van der Waals surface area contributed by atoms with Crippen molar-refractivity contribution in [1.29, 1.82) is 5.26 Å². The van der Waals surface area contributed by atoms with Crippen LogP contribution >= 0.6 is 0 Å². The van der Waals surface area contributed by atoms with Gasteiger partial charge in [-0.05, 0) is 12.3 Å². The van der Waals surface area contributed by atoms with Crippen LogP contribution in [0.1, 0.15) is 40.0 Å². The van der Waals surface area contributed by atoms with Crippen molar-refractivity contribution in [2.75, 3.05) is 0 Å². The number of nitriles is 1. The third kappa shape index (κ3) is 2.84. The molecule has 2 heteroatoms. The van der Waals surface area contributed by atoms with Crippen LogP contribution in [0.25, 0.3) is 0 Å². The second-order valence-corrected chi connectivity index (χ2v) is 4.98. The Labute approximate surface area is 79.9 Å². The standard InChI is InChI=1S/C11H17NO/c1-11(2,3)10(13)9(7-12)6-8-4-5-8/h8-9H,4-6H2,1-3H3. The van der Waals surface area contributed by atoms with Gasteiger partial charge in [0, 0.05) is 5.41 Å². The fourth-order valence-corrected chi connectivity index (χ4v) is 1.43. The summed E-state index contributed by atoms with van der Waals surface area (Å²) in [6.07, 6.45) is 3.19. The highest BCUT2D eigenvalue weighted by Crippen LogP contribution is 2.37. The molecule has 0 bridgehead atoms. The van der Waals surface area contributed by atoms with E-state index in [-0.39, 0.29) is 17.1 Å². The summed E-state index contributed by atoms with van der Waals surface area (Å²) in [5, 5.41) is 8.87. The van der Waals surface area contributed by atoms with Crippen LogP contribution in [0.2, 0.25) is 0 Å². The zero-order valence-corrected chi connectivity index (χ0v) is 8.63. The molecule has 1 fully saturated rings. The lowest BCUT2D eigenvalue weighted by Gasteiger charge is -2.19. The maximum Gasteiger partial charge on any atom is 0.155 e. The Kier molecular flexibility index (Phi) is 2.75. The van der Waals surface area contributed by atoms with Crippen molar-refractivity contribution in [1.82, 2.24) is 0 Å². The quantitative estimate of drug-likeness (QED) is 0.668. The normalized spacial score (nSPS) is 19.2. The van der Waals surface area contributed by atoms with Crippen LogP contribution in [0.3, 0.4) is 0 Å². The minimum absolute atomic E-state index is 0.0990. The van der Waals surface area contributed by atoms with Crippen molar-refractivity contribution in [3.8, 4) is 6.07 Å². The third-order valence-electron chi connectivity index (χ3n) is 2.48. The van der Waals surface area contributed by atoms with Crippen molar-refractivity contribution in [2.45, 2.75) is 40.0 Å². The molecule has 1 atom stereocenters. The molecular weight excluding hydrogens is 162 g/mol. The van der Waals surface area contributed by atoms with E-state index in [1.54, 1.807) is 0 Å². The van der Waals surface area contributed by atoms with Gasteiger partial charge in [0.2, 0.25) is 0 Å². The Bertz CT molecular complexity index is 240. The predicted molar refractivity (Wildman–Crippen MR) is 50.9 cm³/mol. The van der Waals surface area contributed by atoms with E-state index in [9.17, 15) is 4.79 Å². The number of ketones is 1. The molecule has 1 aliphatic rings. The van der Waals surface area contributed by atoms with Gasteiger partial charge in [0.15, 0.2) is 5.78 Å². The smallest absolute Gasteiger partial charge is 0.155 e. The maximum absolute atomic E-state index is 11.7. The molecule has 0 aromatic carbocycles. The van der Waals surface area contributed by atoms with Crippen LogP contribution in [0.4, 0.5) is 0 Å². The second-order valence-electron chi connectivity index (χ2n) is 4.98. The Morgan fingerprint density at radius 2 is 2.08 bits per heavy atom. The predicted octanol–water partition coefficient (Wildman–Crippen LogP) is 2.54. The molecule has 0 aromatic rings. The number of hydrogen-bond donors (Lipinski definition) is 0. The Morgan fingerprint density at radius 1 is 1.54 bits per heavy atom. The molecular formula is C11H17NO. The summed E-state index contributed by atoms with van der Waals surface area (Å²) < 4.78 is 0. The molecule has 1 rings (SSSR count). The maximum atomic E-state index is 11.7. The molecule has 72 valence electrons. The van der Waals surface area contributed by atoms with Crippen LogP contribution < -0.4 is 0 Å². The van der Waals surface area contributed by atoms with Crippen LogP contribution in [0.15, 0.2) is 0 Å². The fraction of sp³-hybridized carbons (Fsp3) is 0.818. The summed E-state index contributed by atoms with van der Waals surface area (Å²) in [4.78, 5) is 11.7. The van der Waals surface area contributed by atoms with Gasteiger partial charge in [0.05, 0.1) is 6.07 Å². The summed E-state index contributed by atoms with van der Waals surface area (Å²) in [5.41, 5.74) is -0.366. The Balaban J connectivity index is 2.55. The SMILES string of the molecule is CC(C)(C)C(=O)C(C#N)CC1CC1. The molecule has 1 saturated carbocycles. The van der Waals surface area contributed by atoms with Gasteiger partial charge in [-0.2, -0.15) is 5.26 Å². The van der Waals surface area contributed by atoms with E-state index in [1.807, 2.05) is 20.8 Å². The molecule has 1 aliphatic carbocycles. The molecule has 0 N–H and O–H groups in total. The van der Waals surface area contributed by atoms with Gasteiger partial charge < -0.3 is 0 Å². The van der Waals surface area contributed by atoms with E-state index >= 15 is 0 Å². The topological polar surface area (TPSA) is 40.9 Å². The first-order valence-corrected chi connectivity index (χ1v) is 4.89. The highest BCUT2D eigenvalue weighted by Gasteiger charge is 2.34. The number of carbonyl (C=O) groups excluding carboxylic acids is 1. The second kappa shape index (κ2) is 3.49. The van der Waals surface area contributed by atoms with Crippen molar-refractivity contribution >= 4 is 5.78 Å². The minimum Gasteiger partial charge on any atom is -0.298 e. The molecule has 0 saturated heterocycles. The highest BCUT2D eigenvalue weighted by molar-refractivity contribution is 5.87. The molecule has 1 unspecified atom stereocenters. The van der Waals surface area contributed by atoms with Crippen molar-refractivity contribution in [3.63, 3.8) is 0 Å². The van der Waals surface area contributed by atoms with Gasteiger partial charge in [-0.25, -0.2) is 0 Å². The van der Waals surface area contributed by atoms with Gasteiger partial charge >= 0.3 is 0 Å².